The Bertz CT molecular complexity index is 266. The summed E-state index contributed by atoms with van der Waals surface area (Å²) >= 11 is 0. The van der Waals surface area contributed by atoms with Crippen molar-refractivity contribution in [2.75, 3.05) is 6.54 Å². The van der Waals surface area contributed by atoms with Crippen molar-refractivity contribution in [3.8, 4) is 0 Å². The molecule has 1 N–H and O–H groups in total. The minimum absolute atomic E-state index is 0.308. The van der Waals surface area contributed by atoms with E-state index in [1.54, 1.807) is 0 Å². The molecular formula is C16H29NO. The Balaban J connectivity index is 1.41. The number of hydrogen-bond donors (Lipinski definition) is 1. The van der Waals surface area contributed by atoms with Crippen LogP contribution in [0.4, 0.5) is 0 Å². The lowest BCUT2D eigenvalue weighted by atomic mass is 9.98. The normalized spacial score (nSPS) is 33.5. The summed E-state index contributed by atoms with van der Waals surface area (Å²) < 4.78 is 6.36. The van der Waals surface area contributed by atoms with Gasteiger partial charge in [0.25, 0.3) is 0 Å². The average molecular weight is 251 g/mol. The van der Waals surface area contributed by atoms with Crippen LogP contribution in [0.1, 0.15) is 71.1 Å². The molecule has 1 saturated heterocycles. The molecule has 0 amide bonds. The molecular weight excluding hydrogens is 222 g/mol. The van der Waals surface area contributed by atoms with Crippen LogP contribution in [0.25, 0.3) is 0 Å². The molecule has 2 atom stereocenters. The van der Waals surface area contributed by atoms with Gasteiger partial charge in [-0.05, 0) is 51.4 Å². The molecule has 3 rings (SSSR count). The van der Waals surface area contributed by atoms with Crippen LogP contribution in [-0.2, 0) is 4.74 Å². The summed E-state index contributed by atoms with van der Waals surface area (Å²) in [5.74, 6) is 0.923. The smallest absolute Gasteiger partial charge is 0.0708 e. The second kappa shape index (κ2) is 5.50. The third-order valence-electron chi connectivity index (χ3n) is 5.63. The van der Waals surface area contributed by atoms with Crippen LogP contribution in [0.2, 0.25) is 0 Å². The van der Waals surface area contributed by atoms with E-state index in [0.29, 0.717) is 17.7 Å². The third-order valence-corrected chi connectivity index (χ3v) is 5.63. The fourth-order valence-corrected chi connectivity index (χ4v) is 4.37. The lowest BCUT2D eigenvalue weighted by Crippen LogP contribution is -2.38. The summed E-state index contributed by atoms with van der Waals surface area (Å²) in [5, 5.41) is 3.75. The number of hydrogen-bond acceptors (Lipinski definition) is 2. The monoisotopic (exact) mass is 251 g/mol. The first-order chi connectivity index (χ1) is 8.77. The lowest BCUT2D eigenvalue weighted by molar-refractivity contribution is -0.0362. The number of nitrogens with one attached hydrogen (secondary N) is 1. The molecule has 2 nitrogen and oxygen atoms in total. The van der Waals surface area contributed by atoms with Crippen molar-refractivity contribution in [1.29, 1.82) is 0 Å². The Morgan fingerprint density at radius 1 is 1.06 bits per heavy atom. The molecule has 2 aliphatic carbocycles. The van der Waals surface area contributed by atoms with Gasteiger partial charge in [-0.1, -0.05) is 25.7 Å². The van der Waals surface area contributed by atoms with Crippen LogP contribution in [-0.4, -0.2) is 24.3 Å². The van der Waals surface area contributed by atoms with Gasteiger partial charge in [-0.3, -0.25) is 0 Å². The van der Waals surface area contributed by atoms with Gasteiger partial charge >= 0.3 is 0 Å². The van der Waals surface area contributed by atoms with Crippen molar-refractivity contribution < 1.29 is 4.74 Å². The SMILES string of the molecule is CC(NCC1CCC2(CCCC2)O1)C1CCCC1. The van der Waals surface area contributed by atoms with E-state index in [1.165, 1.54) is 64.2 Å². The second-order valence-corrected chi connectivity index (χ2v) is 6.91. The molecule has 0 bridgehead atoms. The Labute approximate surface area is 112 Å². The standard InChI is InChI=1S/C16H29NO/c1-13(14-6-2-3-7-14)17-12-15-8-11-16(18-15)9-4-5-10-16/h13-15,17H,2-12H2,1H3. The first-order valence-electron chi connectivity index (χ1n) is 8.19. The van der Waals surface area contributed by atoms with Gasteiger partial charge < -0.3 is 10.1 Å². The van der Waals surface area contributed by atoms with Crippen molar-refractivity contribution in [2.45, 2.75) is 88.9 Å². The van der Waals surface area contributed by atoms with Crippen molar-refractivity contribution in [1.82, 2.24) is 5.32 Å². The van der Waals surface area contributed by atoms with Gasteiger partial charge in [-0.2, -0.15) is 0 Å². The molecule has 104 valence electrons. The number of rotatable bonds is 4. The topological polar surface area (TPSA) is 21.3 Å². The quantitative estimate of drug-likeness (QED) is 0.823. The predicted octanol–water partition coefficient (Wildman–Crippen LogP) is 3.65. The van der Waals surface area contributed by atoms with Crippen LogP contribution in [0, 0.1) is 5.92 Å². The first kappa shape index (κ1) is 12.9. The second-order valence-electron chi connectivity index (χ2n) is 6.91. The largest absolute Gasteiger partial charge is 0.370 e. The molecule has 1 heterocycles. The fourth-order valence-electron chi connectivity index (χ4n) is 4.37. The summed E-state index contributed by atoms with van der Waals surface area (Å²) in [6, 6.07) is 0.691. The van der Waals surface area contributed by atoms with Crippen LogP contribution >= 0.6 is 0 Å². The summed E-state index contributed by atoms with van der Waals surface area (Å²) in [7, 11) is 0. The van der Waals surface area contributed by atoms with Crippen molar-refractivity contribution >= 4 is 0 Å². The van der Waals surface area contributed by atoms with Crippen LogP contribution in [0.15, 0.2) is 0 Å². The molecule has 0 radical (unpaired) electrons. The minimum atomic E-state index is 0.308. The van der Waals surface area contributed by atoms with Gasteiger partial charge in [0.2, 0.25) is 0 Å². The van der Waals surface area contributed by atoms with Crippen LogP contribution < -0.4 is 5.32 Å². The molecule has 3 aliphatic rings. The molecule has 0 aromatic rings. The minimum Gasteiger partial charge on any atom is -0.370 e. The third kappa shape index (κ3) is 2.75. The maximum Gasteiger partial charge on any atom is 0.0708 e. The van der Waals surface area contributed by atoms with Gasteiger partial charge in [0, 0.05) is 12.6 Å². The maximum atomic E-state index is 6.36. The Morgan fingerprint density at radius 3 is 2.50 bits per heavy atom. The zero-order valence-electron chi connectivity index (χ0n) is 11.9. The van der Waals surface area contributed by atoms with E-state index < -0.39 is 0 Å². The molecule has 0 aromatic heterocycles. The zero-order chi connectivity index (χ0) is 12.4. The highest BCUT2D eigenvalue weighted by molar-refractivity contribution is 4.93. The predicted molar refractivity (Wildman–Crippen MR) is 74.7 cm³/mol. The summed E-state index contributed by atoms with van der Waals surface area (Å²) in [6.45, 7) is 3.45. The Kier molecular flexibility index (Phi) is 3.95. The Morgan fingerprint density at radius 2 is 1.78 bits per heavy atom. The van der Waals surface area contributed by atoms with E-state index in [0.717, 1.165) is 12.5 Å². The van der Waals surface area contributed by atoms with Crippen molar-refractivity contribution in [3.63, 3.8) is 0 Å². The highest BCUT2D eigenvalue weighted by Gasteiger charge is 2.42. The average Bonchev–Trinajstić information content (AvgIpc) is 3.09. The fraction of sp³-hybridized carbons (Fsp3) is 1.00. The van der Waals surface area contributed by atoms with Gasteiger partial charge in [0.15, 0.2) is 0 Å². The first-order valence-corrected chi connectivity index (χ1v) is 8.19. The van der Waals surface area contributed by atoms with E-state index in [1.807, 2.05) is 0 Å². The van der Waals surface area contributed by atoms with E-state index in [9.17, 15) is 0 Å². The molecule has 1 aliphatic heterocycles. The summed E-state index contributed by atoms with van der Waals surface area (Å²) in [5.41, 5.74) is 0.308. The van der Waals surface area contributed by atoms with Gasteiger partial charge in [0.1, 0.15) is 0 Å². The molecule has 2 unspecified atom stereocenters. The van der Waals surface area contributed by atoms with Gasteiger partial charge in [0.05, 0.1) is 11.7 Å². The van der Waals surface area contributed by atoms with Crippen LogP contribution in [0.5, 0.6) is 0 Å². The molecule has 1 spiro atoms. The molecule has 18 heavy (non-hydrogen) atoms. The highest BCUT2D eigenvalue weighted by atomic mass is 16.5. The van der Waals surface area contributed by atoms with Gasteiger partial charge in [-0.15, -0.1) is 0 Å². The maximum absolute atomic E-state index is 6.36. The summed E-state index contributed by atoms with van der Waals surface area (Å²) in [4.78, 5) is 0. The molecule has 0 aromatic carbocycles. The lowest BCUT2D eigenvalue weighted by Gasteiger charge is -2.26. The van der Waals surface area contributed by atoms with E-state index >= 15 is 0 Å². The van der Waals surface area contributed by atoms with E-state index in [2.05, 4.69) is 12.2 Å². The van der Waals surface area contributed by atoms with Gasteiger partial charge in [-0.25, -0.2) is 0 Å². The van der Waals surface area contributed by atoms with Crippen molar-refractivity contribution in [3.05, 3.63) is 0 Å². The van der Waals surface area contributed by atoms with E-state index in [-0.39, 0.29) is 0 Å². The highest BCUT2D eigenvalue weighted by Crippen LogP contribution is 2.43. The van der Waals surface area contributed by atoms with E-state index in [4.69, 9.17) is 4.74 Å². The molecule has 2 saturated carbocycles. The Hall–Kier alpha value is -0.0800. The van der Waals surface area contributed by atoms with Crippen LogP contribution in [0.3, 0.4) is 0 Å². The van der Waals surface area contributed by atoms with Crippen molar-refractivity contribution in [2.24, 2.45) is 5.92 Å². The number of ether oxygens (including phenoxy) is 1. The molecule has 3 fully saturated rings. The molecule has 2 heteroatoms. The summed E-state index contributed by atoms with van der Waals surface area (Å²) in [6.07, 6.45) is 14.3. The zero-order valence-corrected chi connectivity index (χ0v) is 11.9.